The van der Waals surface area contributed by atoms with Gasteiger partial charge in [-0.3, -0.25) is 4.40 Å². The Labute approximate surface area is 102 Å². The van der Waals surface area contributed by atoms with Gasteiger partial charge in [0.15, 0.2) is 4.96 Å². The predicted octanol–water partition coefficient (Wildman–Crippen LogP) is 3.82. The smallest absolute Gasteiger partial charge is 0.194 e. The molecular formula is C13H11FN2S. The highest BCUT2D eigenvalue weighted by atomic mass is 32.1. The first-order chi connectivity index (χ1) is 8.16. The largest absolute Gasteiger partial charge is 0.290 e. The fraction of sp³-hybridized carbons (Fsp3) is 0.154. The van der Waals surface area contributed by atoms with Gasteiger partial charge in [-0.05, 0) is 37.6 Å². The van der Waals surface area contributed by atoms with E-state index in [1.165, 1.54) is 10.9 Å². The van der Waals surface area contributed by atoms with Gasteiger partial charge in [0, 0.05) is 22.8 Å². The molecule has 0 bridgehead atoms. The molecule has 0 aliphatic carbocycles. The first kappa shape index (κ1) is 10.5. The van der Waals surface area contributed by atoms with Gasteiger partial charge in [0.05, 0.1) is 5.69 Å². The van der Waals surface area contributed by atoms with E-state index in [1.54, 1.807) is 24.5 Å². The molecule has 0 saturated heterocycles. The molecule has 0 aliphatic heterocycles. The topological polar surface area (TPSA) is 17.3 Å². The second-order valence-corrected chi connectivity index (χ2v) is 5.23. The molecule has 0 unspecified atom stereocenters. The van der Waals surface area contributed by atoms with Gasteiger partial charge in [0.1, 0.15) is 5.82 Å². The lowest BCUT2D eigenvalue weighted by atomic mass is 10.1. The summed E-state index contributed by atoms with van der Waals surface area (Å²) in [6.45, 7) is 3.85. The van der Waals surface area contributed by atoms with Gasteiger partial charge in [-0.25, -0.2) is 9.37 Å². The molecule has 86 valence electrons. The van der Waals surface area contributed by atoms with Gasteiger partial charge in [0.2, 0.25) is 0 Å². The maximum atomic E-state index is 13.3. The molecule has 4 heteroatoms. The van der Waals surface area contributed by atoms with Crippen LogP contribution in [0.5, 0.6) is 0 Å². The molecule has 17 heavy (non-hydrogen) atoms. The maximum Gasteiger partial charge on any atom is 0.194 e. The van der Waals surface area contributed by atoms with Crippen LogP contribution in [0.15, 0.2) is 30.6 Å². The third kappa shape index (κ3) is 1.56. The van der Waals surface area contributed by atoms with Crippen molar-refractivity contribution in [3.8, 4) is 11.3 Å². The summed E-state index contributed by atoms with van der Waals surface area (Å²) in [6, 6.07) is 5.21. The van der Waals surface area contributed by atoms with Gasteiger partial charge in [0.25, 0.3) is 0 Å². The van der Waals surface area contributed by atoms with E-state index in [9.17, 15) is 4.39 Å². The fourth-order valence-electron chi connectivity index (χ4n) is 2.02. The number of aromatic nitrogens is 2. The number of benzene rings is 1. The average Bonchev–Trinajstić information content (AvgIpc) is 2.82. The Balaban J connectivity index is 2.29. The van der Waals surface area contributed by atoms with Crippen molar-refractivity contribution in [1.82, 2.24) is 9.38 Å². The number of aryl methyl sites for hydroxylation is 2. The lowest BCUT2D eigenvalue weighted by Crippen LogP contribution is -1.89. The summed E-state index contributed by atoms with van der Waals surface area (Å²) in [5.41, 5.74) is 2.80. The van der Waals surface area contributed by atoms with Gasteiger partial charge in [-0.15, -0.1) is 11.3 Å². The van der Waals surface area contributed by atoms with Crippen molar-refractivity contribution in [1.29, 1.82) is 0 Å². The molecular weight excluding hydrogens is 235 g/mol. The number of rotatable bonds is 1. The van der Waals surface area contributed by atoms with Crippen molar-refractivity contribution in [2.45, 2.75) is 13.8 Å². The third-order valence-electron chi connectivity index (χ3n) is 2.86. The summed E-state index contributed by atoms with van der Waals surface area (Å²) in [6.07, 6.45) is 3.72. The van der Waals surface area contributed by atoms with Crippen molar-refractivity contribution in [2.75, 3.05) is 0 Å². The van der Waals surface area contributed by atoms with Crippen LogP contribution in [0.4, 0.5) is 4.39 Å². The first-order valence-electron chi connectivity index (χ1n) is 5.36. The van der Waals surface area contributed by atoms with Crippen LogP contribution in [0, 0.1) is 19.7 Å². The fourth-order valence-corrected chi connectivity index (χ4v) is 2.98. The zero-order valence-electron chi connectivity index (χ0n) is 9.57. The Hall–Kier alpha value is -1.68. The lowest BCUT2D eigenvalue weighted by Gasteiger charge is -2.04. The third-order valence-corrected chi connectivity index (χ3v) is 3.84. The predicted molar refractivity (Wildman–Crippen MR) is 67.9 cm³/mol. The molecule has 0 amide bonds. The highest BCUT2D eigenvalue weighted by molar-refractivity contribution is 7.17. The summed E-state index contributed by atoms with van der Waals surface area (Å²) in [5, 5.41) is 0. The van der Waals surface area contributed by atoms with Crippen molar-refractivity contribution < 1.29 is 4.39 Å². The molecule has 0 atom stereocenters. The Morgan fingerprint density at radius 1 is 1.29 bits per heavy atom. The molecule has 0 N–H and O–H groups in total. The summed E-state index contributed by atoms with van der Waals surface area (Å²) in [5.74, 6) is -0.163. The molecule has 0 aliphatic rings. The van der Waals surface area contributed by atoms with E-state index >= 15 is 0 Å². The van der Waals surface area contributed by atoms with E-state index in [2.05, 4.69) is 11.9 Å². The molecule has 1 aromatic carbocycles. The second-order valence-electron chi connectivity index (χ2n) is 4.05. The summed E-state index contributed by atoms with van der Waals surface area (Å²) < 4.78 is 15.3. The molecule has 3 aromatic rings. The van der Waals surface area contributed by atoms with Crippen LogP contribution < -0.4 is 0 Å². The zero-order chi connectivity index (χ0) is 12.0. The van der Waals surface area contributed by atoms with Crippen LogP contribution in [-0.4, -0.2) is 9.38 Å². The molecule has 0 saturated carbocycles. The van der Waals surface area contributed by atoms with Gasteiger partial charge in [-0.1, -0.05) is 0 Å². The van der Waals surface area contributed by atoms with Crippen LogP contribution in [0.3, 0.4) is 0 Å². The number of halogens is 1. The quantitative estimate of drug-likeness (QED) is 0.638. The van der Waals surface area contributed by atoms with Crippen molar-refractivity contribution in [3.63, 3.8) is 0 Å². The van der Waals surface area contributed by atoms with Crippen LogP contribution in [0.25, 0.3) is 16.2 Å². The summed E-state index contributed by atoms with van der Waals surface area (Å²) in [7, 11) is 0. The highest BCUT2D eigenvalue weighted by Gasteiger charge is 2.12. The molecule has 3 rings (SSSR count). The maximum absolute atomic E-state index is 13.3. The minimum Gasteiger partial charge on any atom is -0.290 e. The number of imidazole rings is 1. The Bertz CT molecular complexity index is 697. The first-order valence-corrected chi connectivity index (χ1v) is 6.17. The van der Waals surface area contributed by atoms with Crippen LogP contribution in [0.1, 0.15) is 10.4 Å². The Morgan fingerprint density at radius 3 is 2.88 bits per heavy atom. The average molecular weight is 246 g/mol. The van der Waals surface area contributed by atoms with E-state index in [0.717, 1.165) is 16.2 Å². The van der Waals surface area contributed by atoms with E-state index in [0.29, 0.717) is 5.56 Å². The van der Waals surface area contributed by atoms with E-state index < -0.39 is 0 Å². The lowest BCUT2D eigenvalue weighted by molar-refractivity contribution is 0.618. The van der Waals surface area contributed by atoms with Crippen LogP contribution in [-0.2, 0) is 0 Å². The van der Waals surface area contributed by atoms with Crippen molar-refractivity contribution in [2.24, 2.45) is 0 Å². The molecule has 0 spiro atoms. The van der Waals surface area contributed by atoms with Crippen LogP contribution in [0.2, 0.25) is 0 Å². The Kier molecular flexibility index (Phi) is 2.26. The number of thiazole rings is 1. The molecule has 2 nitrogen and oxygen atoms in total. The van der Waals surface area contributed by atoms with Crippen molar-refractivity contribution >= 4 is 16.3 Å². The minimum atomic E-state index is -0.163. The van der Waals surface area contributed by atoms with Gasteiger partial charge < -0.3 is 0 Å². The number of nitrogens with zero attached hydrogens (tertiary/aromatic N) is 2. The molecule has 2 heterocycles. The second kappa shape index (κ2) is 3.67. The number of hydrogen-bond donors (Lipinski definition) is 0. The standard InChI is InChI=1S/C13H11FN2S/c1-8-7-10(3-4-11(8)14)12-9(2)17-13-15-5-6-16(12)13/h3-7H,1-2H3. The Morgan fingerprint density at radius 2 is 2.12 bits per heavy atom. The molecule has 0 fully saturated rings. The number of hydrogen-bond acceptors (Lipinski definition) is 2. The normalized spacial score (nSPS) is 11.2. The number of fused-ring (bicyclic) bond motifs is 1. The van der Waals surface area contributed by atoms with Gasteiger partial charge in [-0.2, -0.15) is 0 Å². The monoisotopic (exact) mass is 246 g/mol. The van der Waals surface area contributed by atoms with E-state index in [-0.39, 0.29) is 5.82 Å². The van der Waals surface area contributed by atoms with E-state index in [4.69, 9.17) is 0 Å². The molecule has 2 aromatic heterocycles. The van der Waals surface area contributed by atoms with Crippen LogP contribution >= 0.6 is 11.3 Å². The molecule has 0 radical (unpaired) electrons. The minimum absolute atomic E-state index is 0.163. The van der Waals surface area contributed by atoms with E-state index in [1.807, 2.05) is 22.7 Å². The zero-order valence-corrected chi connectivity index (χ0v) is 10.4. The summed E-state index contributed by atoms with van der Waals surface area (Å²) >= 11 is 1.65. The highest BCUT2D eigenvalue weighted by Crippen LogP contribution is 2.31. The summed E-state index contributed by atoms with van der Waals surface area (Å²) in [4.78, 5) is 6.44. The van der Waals surface area contributed by atoms with Gasteiger partial charge >= 0.3 is 0 Å². The SMILES string of the molecule is Cc1cc(-c2c(C)sc3nccn23)ccc1F. The van der Waals surface area contributed by atoms with Crippen molar-refractivity contribution in [3.05, 3.63) is 46.9 Å².